The van der Waals surface area contributed by atoms with E-state index in [1.165, 1.54) is 11.3 Å². The zero-order chi connectivity index (χ0) is 20.1. The maximum Gasteiger partial charge on any atom is 0.410 e. The average Bonchev–Trinajstić information content (AvgIpc) is 3.10. The van der Waals surface area contributed by atoms with Gasteiger partial charge in [0, 0.05) is 42.8 Å². The summed E-state index contributed by atoms with van der Waals surface area (Å²) in [6.45, 7) is 6.82. The van der Waals surface area contributed by atoms with Crippen LogP contribution in [0.2, 0.25) is 0 Å². The number of nitrogens with one attached hydrogen (secondary N) is 1. The predicted octanol–water partition coefficient (Wildman–Crippen LogP) is 4.18. The van der Waals surface area contributed by atoms with Crippen molar-refractivity contribution >= 4 is 28.5 Å². The van der Waals surface area contributed by atoms with E-state index in [1.807, 2.05) is 38.3 Å². The molecule has 2 aromatic heterocycles. The van der Waals surface area contributed by atoms with E-state index in [0.717, 1.165) is 24.1 Å². The Bertz CT molecular complexity index is 808. The third kappa shape index (κ3) is 5.76. The van der Waals surface area contributed by atoms with E-state index in [-0.39, 0.29) is 17.9 Å². The van der Waals surface area contributed by atoms with Gasteiger partial charge in [0.2, 0.25) is 5.91 Å². The molecule has 0 aromatic carbocycles. The first-order valence-corrected chi connectivity index (χ1v) is 10.3. The van der Waals surface area contributed by atoms with Crippen molar-refractivity contribution in [1.29, 1.82) is 0 Å². The number of hydrogen-bond donors (Lipinski definition) is 1. The summed E-state index contributed by atoms with van der Waals surface area (Å²) in [5.41, 5.74) is 1.24. The number of thiazole rings is 1. The van der Waals surface area contributed by atoms with Crippen LogP contribution in [0.3, 0.4) is 0 Å². The normalized spacial score (nSPS) is 15.3. The van der Waals surface area contributed by atoms with Crippen molar-refractivity contribution in [3.63, 3.8) is 0 Å². The van der Waals surface area contributed by atoms with Crippen molar-refractivity contribution in [2.45, 2.75) is 45.6 Å². The van der Waals surface area contributed by atoms with E-state index < -0.39 is 5.60 Å². The molecule has 0 spiro atoms. The predicted molar refractivity (Wildman–Crippen MR) is 109 cm³/mol. The molecular formula is C20H26N4O3S. The van der Waals surface area contributed by atoms with Crippen molar-refractivity contribution in [2.24, 2.45) is 5.92 Å². The summed E-state index contributed by atoms with van der Waals surface area (Å²) < 4.78 is 5.41. The van der Waals surface area contributed by atoms with Gasteiger partial charge >= 0.3 is 6.09 Å². The van der Waals surface area contributed by atoms with Crippen molar-refractivity contribution in [1.82, 2.24) is 14.9 Å². The van der Waals surface area contributed by atoms with Gasteiger partial charge in [-0.15, -0.1) is 11.3 Å². The van der Waals surface area contributed by atoms with E-state index in [9.17, 15) is 9.59 Å². The van der Waals surface area contributed by atoms with Gasteiger partial charge in [-0.1, -0.05) is 0 Å². The molecule has 1 aliphatic rings. The molecule has 7 nitrogen and oxygen atoms in total. The lowest BCUT2D eigenvalue weighted by molar-refractivity contribution is -0.117. The first-order valence-electron chi connectivity index (χ1n) is 9.44. The highest BCUT2D eigenvalue weighted by molar-refractivity contribution is 7.14. The molecule has 1 saturated heterocycles. The van der Waals surface area contributed by atoms with Crippen LogP contribution in [0.4, 0.5) is 9.93 Å². The number of piperidine rings is 1. The third-order valence-electron chi connectivity index (χ3n) is 4.45. The minimum Gasteiger partial charge on any atom is -0.444 e. The molecule has 0 atom stereocenters. The van der Waals surface area contributed by atoms with Crippen LogP contribution in [0.25, 0.3) is 11.3 Å². The lowest BCUT2D eigenvalue weighted by Gasteiger charge is -2.33. The van der Waals surface area contributed by atoms with Gasteiger partial charge in [-0.2, -0.15) is 0 Å². The second-order valence-electron chi connectivity index (χ2n) is 7.94. The second kappa shape index (κ2) is 8.68. The van der Waals surface area contributed by atoms with Gasteiger partial charge in [0.1, 0.15) is 5.60 Å². The van der Waals surface area contributed by atoms with Gasteiger partial charge in [0.25, 0.3) is 0 Å². The maximum atomic E-state index is 12.4. The fraction of sp³-hybridized carbons (Fsp3) is 0.500. The summed E-state index contributed by atoms with van der Waals surface area (Å²) in [6.07, 6.45) is 5.22. The minimum absolute atomic E-state index is 0.0391. The minimum atomic E-state index is -0.490. The van der Waals surface area contributed by atoms with E-state index >= 15 is 0 Å². The Morgan fingerprint density at radius 2 is 2.07 bits per heavy atom. The number of anilines is 1. The van der Waals surface area contributed by atoms with Crippen molar-refractivity contribution < 1.29 is 14.3 Å². The van der Waals surface area contributed by atoms with Gasteiger partial charge in [0.05, 0.1) is 5.69 Å². The van der Waals surface area contributed by atoms with Crippen molar-refractivity contribution in [3.05, 3.63) is 29.9 Å². The number of rotatable bonds is 4. The maximum absolute atomic E-state index is 12.4. The summed E-state index contributed by atoms with van der Waals surface area (Å²) in [5.74, 6) is 0.222. The smallest absolute Gasteiger partial charge is 0.410 e. The number of hydrogen-bond acceptors (Lipinski definition) is 6. The topological polar surface area (TPSA) is 84.4 Å². The first-order chi connectivity index (χ1) is 13.3. The summed E-state index contributed by atoms with van der Waals surface area (Å²) in [6, 6.07) is 3.79. The number of aromatic nitrogens is 2. The Labute approximate surface area is 169 Å². The summed E-state index contributed by atoms with van der Waals surface area (Å²) in [4.78, 5) is 34.8. The molecule has 1 aliphatic heterocycles. The molecule has 8 heteroatoms. The number of nitrogens with zero attached hydrogens (tertiary/aromatic N) is 3. The molecule has 3 heterocycles. The fourth-order valence-electron chi connectivity index (χ4n) is 3.06. The Kier molecular flexibility index (Phi) is 6.28. The van der Waals surface area contributed by atoms with Crippen LogP contribution >= 0.6 is 11.3 Å². The Morgan fingerprint density at radius 3 is 2.71 bits per heavy atom. The van der Waals surface area contributed by atoms with E-state index in [0.29, 0.717) is 24.6 Å². The van der Waals surface area contributed by atoms with Gasteiger partial charge in [0.15, 0.2) is 5.13 Å². The Morgan fingerprint density at radius 1 is 1.32 bits per heavy atom. The quantitative estimate of drug-likeness (QED) is 0.829. The van der Waals surface area contributed by atoms with E-state index in [1.54, 1.807) is 17.3 Å². The van der Waals surface area contributed by atoms with E-state index in [4.69, 9.17) is 4.74 Å². The number of ether oxygens (including phenoxy) is 1. The monoisotopic (exact) mass is 402 g/mol. The number of amides is 2. The average molecular weight is 403 g/mol. The Balaban J connectivity index is 1.45. The number of carbonyl (C=O) groups is 2. The van der Waals surface area contributed by atoms with Crippen LogP contribution in [-0.4, -0.2) is 45.6 Å². The van der Waals surface area contributed by atoms with Crippen LogP contribution in [0, 0.1) is 5.92 Å². The largest absolute Gasteiger partial charge is 0.444 e. The van der Waals surface area contributed by atoms with Crippen LogP contribution < -0.4 is 5.32 Å². The molecule has 0 radical (unpaired) electrons. The second-order valence-corrected chi connectivity index (χ2v) is 8.80. The Hall–Kier alpha value is -2.48. The van der Waals surface area contributed by atoms with Gasteiger partial charge in [-0.3, -0.25) is 9.78 Å². The van der Waals surface area contributed by atoms with Crippen molar-refractivity contribution in [2.75, 3.05) is 18.4 Å². The summed E-state index contributed by atoms with van der Waals surface area (Å²) in [5, 5.41) is 5.39. The number of pyridine rings is 1. The van der Waals surface area contributed by atoms with Gasteiger partial charge < -0.3 is 15.0 Å². The molecule has 1 fully saturated rings. The lowest BCUT2D eigenvalue weighted by atomic mass is 9.93. The lowest BCUT2D eigenvalue weighted by Crippen LogP contribution is -2.42. The zero-order valence-electron chi connectivity index (χ0n) is 16.5. The molecule has 2 amide bonds. The molecule has 0 aliphatic carbocycles. The molecule has 150 valence electrons. The molecular weight excluding hydrogens is 376 g/mol. The molecule has 3 rings (SSSR count). The number of carbonyl (C=O) groups excluding carboxylic acids is 2. The highest BCUT2D eigenvalue weighted by Gasteiger charge is 2.27. The molecule has 1 N–H and O–H groups in total. The van der Waals surface area contributed by atoms with Gasteiger partial charge in [-0.05, 0) is 51.7 Å². The molecule has 0 bridgehead atoms. The molecule has 0 saturated carbocycles. The molecule has 0 unspecified atom stereocenters. The molecule has 28 heavy (non-hydrogen) atoms. The zero-order valence-corrected chi connectivity index (χ0v) is 17.3. The fourth-order valence-corrected chi connectivity index (χ4v) is 3.79. The van der Waals surface area contributed by atoms with Crippen LogP contribution in [0.5, 0.6) is 0 Å². The third-order valence-corrected chi connectivity index (χ3v) is 5.21. The standard InChI is InChI=1S/C20H26N4O3S/c1-20(2,3)27-19(26)24-9-6-14(7-10-24)11-17(25)23-18-22-16(13-28-18)15-5-4-8-21-12-15/h4-5,8,12-14H,6-7,9-11H2,1-3H3,(H,22,23,25). The highest BCUT2D eigenvalue weighted by Crippen LogP contribution is 2.26. The number of likely N-dealkylation sites (tertiary alicyclic amines) is 1. The molecule has 2 aromatic rings. The van der Waals surface area contributed by atoms with Gasteiger partial charge in [-0.25, -0.2) is 9.78 Å². The van der Waals surface area contributed by atoms with Crippen molar-refractivity contribution in [3.8, 4) is 11.3 Å². The summed E-state index contributed by atoms with van der Waals surface area (Å²) >= 11 is 1.40. The van der Waals surface area contributed by atoms with E-state index in [2.05, 4.69) is 15.3 Å². The first kappa shape index (κ1) is 20.3. The van der Waals surface area contributed by atoms with Crippen LogP contribution in [0.15, 0.2) is 29.9 Å². The SMILES string of the molecule is CC(C)(C)OC(=O)N1CCC(CC(=O)Nc2nc(-c3cccnc3)cs2)CC1. The highest BCUT2D eigenvalue weighted by atomic mass is 32.1. The van der Waals surface area contributed by atoms with Crippen LogP contribution in [-0.2, 0) is 9.53 Å². The van der Waals surface area contributed by atoms with Crippen LogP contribution in [0.1, 0.15) is 40.0 Å². The summed E-state index contributed by atoms with van der Waals surface area (Å²) in [7, 11) is 0.